The van der Waals surface area contributed by atoms with Gasteiger partial charge in [-0.1, -0.05) is 26.0 Å². The second-order valence-electron chi connectivity index (χ2n) is 3.00. The minimum absolute atomic E-state index is 0.964. The van der Waals surface area contributed by atoms with Crippen LogP contribution in [0.5, 0.6) is 0 Å². The predicted octanol–water partition coefficient (Wildman–Crippen LogP) is 3.14. The third-order valence-corrected chi connectivity index (χ3v) is 2.83. The molecule has 0 saturated heterocycles. The zero-order valence-corrected chi connectivity index (χ0v) is 11.5. The number of hydrogen-bond acceptors (Lipinski definition) is 1. The van der Waals surface area contributed by atoms with Gasteiger partial charge in [0.25, 0.3) is 0 Å². The highest BCUT2D eigenvalue weighted by molar-refractivity contribution is 7.27. The van der Waals surface area contributed by atoms with Gasteiger partial charge in [-0.25, -0.2) is 0 Å². The Labute approximate surface area is 96.1 Å². The van der Waals surface area contributed by atoms with Crippen molar-refractivity contribution >= 4 is 34.7 Å². The smallest absolute Gasteiger partial charge is 0.0708 e. The summed E-state index contributed by atoms with van der Waals surface area (Å²) in [6.07, 6.45) is 2.89. The topological polar surface area (TPSA) is 12.9 Å². The summed E-state index contributed by atoms with van der Waals surface area (Å²) in [6.45, 7) is 4.00. The molecule has 1 aromatic heterocycles. The normalized spacial score (nSPS) is 9.60. The highest BCUT2D eigenvalue weighted by Crippen LogP contribution is 2.14. The SMILES string of the molecule is CC.PCc1cnc2cc(P)ccc2c1. The molecule has 0 bridgehead atoms. The minimum Gasteiger partial charge on any atom is -0.256 e. The van der Waals surface area contributed by atoms with E-state index in [4.69, 9.17) is 0 Å². The summed E-state index contributed by atoms with van der Waals surface area (Å²) >= 11 is 0. The van der Waals surface area contributed by atoms with E-state index in [1.807, 2.05) is 20.0 Å². The van der Waals surface area contributed by atoms with E-state index >= 15 is 0 Å². The van der Waals surface area contributed by atoms with Crippen LogP contribution in [0.3, 0.4) is 0 Å². The van der Waals surface area contributed by atoms with Crippen molar-refractivity contribution in [1.82, 2.24) is 4.98 Å². The van der Waals surface area contributed by atoms with Gasteiger partial charge in [-0.3, -0.25) is 4.98 Å². The van der Waals surface area contributed by atoms with Crippen molar-refractivity contribution in [3.63, 3.8) is 0 Å². The molecular formula is C12H17NP2. The van der Waals surface area contributed by atoms with Crippen LogP contribution in [-0.2, 0) is 6.16 Å². The zero-order chi connectivity index (χ0) is 11.3. The molecule has 1 nitrogen and oxygen atoms in total. The molecule has 1 aromatic carbocycles. The summed E-state index contributed by atoms with van der Waals surface area (Å²) < 4.78 is 0. The second kappa shape index (κ2) is 6.16. The standard InChI is InChI=1S/C10H11NP2.C2H6/c12-6-7-3-8-1-2-9(13)4-10(8)11-5-7;1-2/h1-5H,6,12-13H2;1-2H3. The van der Waals surface area contributed by atoms with Gasteiger partial charge in [-0.2, -0.15) is 0 Å². The van der Waals surface area contributed by atoms with Crippen LogP contribution in [0.2, 0.25) is 0 Å². The van der Waals surface area contributed by atoms with Crippen LogP contribution in [0.1, 0.15) is 19.4 Å². The van der Waals surface area contributed by atoms with Crippen LogP contribution in [0, 0.1) is 0 Å². The number of benzene rings is 1. The summed E-state index contributed by atoms with van der Waals surface area (Å²) in [5.74, 6) is 0. The lowest BCUT2D eigenvalue weighted by Gasteiger charge is -2.00. The molecule has 0 aliphatic rings. The van der Waals surface area contributed by atoms with Crippen LogP contribution in [0.4, 0.5) is 0 Å². The van der Waals surface area contributed by atoms with Gasteiger partial charge in [0.05, 0.1) is 5.52 Å². The highest BCUT2D eigenvalue weighted by atomic mass is 31.0. The molecule has 2 aromatic rings. The molecule has 0 aliphatic carbocycles. The summed E-state index contributed by atoms with van der Waals surface area (Å²) in [5.41, 5.74) is 2.32. The number of pyridine rings is 1. The van der Waals surface area contributed by atoms with Crippen LogP contribution >= 0.6 is 18.5 Å². The average Bonchev–Trinajstić information content (AvgIpc) is 2.31. The molecule has 0 aliphatic heterocycles. The Balaban J connectivity index is 0.000000531. The fraction of sp³-hybridized carbons (Fsp3) is 0.250. The quantitative estimate of drug-likeness (QED) is 0.694. The van der Waals surface area contributed by atoms with Gasteiger partial charge >= 0.3 is 0 Å². The average molecular weight is 237 g/mol. The zero-order valence-electron chi connectivity index (χ0n) is 9.20. The molecule has 1 heterocycles. The van der Waals surface area contributed by atoms with Crippen LogP contribution in [0.25, 0.3) is 10.9 Å². The molecule has 2 rings (SSSR count). The van der Waals surface area contributed by atoms with E-state index in [1.54, 1.807) is 0 Å². The van der Waals surface area contributed by atoms with Crippen molar-refractivity contribution < 1.29 is 0 Å². The minimum atomic E-state index is 0.964. The first-order valence-electron chi connectivity index (χ1n) is 5.14. The Morgan fingerprint density at radius 1 is 1.20 bits per heavy atom. The Kier molecular flexibility index (Phi) is 5.15. The lowest BCUT2D eigenvalue weighted by Crippen LogP contribution is -1.91. The molecule has 0 saturated carbocycles. The van der Waals surface area contributed by atoms with Gasteiger partial charge in [-0.15, -0.1) is 18.5 Å². The molecule has 0 amide bonds. The number of fused-ring (bicyclic) bond motifs is 1. The highest BCUT2D eigenvalue weighted by Gasteiger charge is 1.96. The van der Waals surface area contributed by atoms with Crippen molar-refractivity contribution in [2.45, 2.75) is 20.0 Å². The van der Waals surface area contributed by atoms with Crippen molar-refractivity contribution in [2.75, 3.05) is 0 Å². The van der Waals surface area contributed by atoms with Gasteiger partial charge in [0.15, 0.2) is 0 Å². The summed E-state index contributed by atoms with van der Waals surface area (Å²) in [6, 6.07) is 8.45. The third kappa shape index (κ3) is 3.23. The number of nitrogens with zero attached hydrogens (tertiary/aromatic N) is 1. The molecule has 2 atom stereocenters. The maximum Gasteiger partial charge on any atom is 0.0708 e. The Hall–Kier alpha value is -0.510. The lowest BCUT2D eigenvalue weighted by atomic mass is 10.2. The van der Waals surface area contributed by atoms with Crippen molar-refractivity contribution in [3.05, 3.63) is 36.0 Å². The van der Waals surface area contributed by atoms with Crippen LogP contribution < -0.4 is 5.30 Å². The van der Waals surface area contributed by atoms with Gasteiger partial charge in [-0.05, 0) is 29.2 Å². The molecule has 0 fully saturated rings. The number of rotatable bonds is 1. The molecule has 2 unspecified atom stereocenters. The van der Waals surface area contributed by atoms with E-state index in [0.717, 1.165) is 11.7 Å². The lowest BCUT2D eigenvalue weighted by molar-refractivity contribution is 1.31. The first-order chi connectivity index (χ1) is 7.29. The number of aromatic nitrogens is 1. The second-order valence-corrected chi connectivity index (χ2v) is 4.07. The largest absolute Gasteiger partial charge is 0.256 e. The van der Waals surface area contributed by atoms with Crippen LogP contribution in [0.15, 0.2) is 30.5 Å². The fourth-order valence-corrected chi connectivity index (χ4v) is 1.77. The third-order valence-electron chi connectivity index (χ3n) is 2.00. The van der Waals surface area contributed by atoms with E-state index in [9.17, 15) is 0 Å². The molecule has 15 heavy (non-hydrogen) atoms. The Bertz CT molecular complexity index is 441. The molecule has 3 heteroatoms. The van der Waals surface area contributed by atoms with Gasteiger partial charge in [0, 0.05) is 11.6 Å². The van der Waals surface area contributed by atoms with Crippen molar-refractivity contribution in [1.29, 1.82) is 0 Å². The van der Waals surface area contributed by atoms with Gasteiger partial charge < -0.3 is 0 Å². The monoisotopic (exact) mass is 237 g/mol. The Morgan fingerprint density at radius 2 is 1.93 bits per heavy atom. The van der Waals surface area contributed by atoms with E-state index < -0.39 is 0 Å². The van der Waals surface area contributed by atoms with Crippen molar-refractivity contribution in [3.8, 4) is 0 Å². The van der Waals surface area contributed by atoms with Crippen molar-refractivity contribution in [2.24, 2.45) is 0 Å². The maximum atomic E-state index is 4.39. The first-order valence-corrected chi connectivity index (χ1v) is 6.53. The predicted molar refractivity (Wildman–Crippen MR) is 75.8 cm³/mol. The molecular weight excluding hydrogens is 220 g/mol. The summed E-state index contributed by atoms with van der Waals surface area (Å²) in [7, 11) is 5.39. The molecule has 0 radical (unpaired) electrons. The summed E-state index contributed by atoms with van der Waals surface area (Å²) in [4.78, 5) is 4.39. The van der Waals surface area contributed by atoms with Gasteiger partial charge in [0.1, 0.15) is 0 Å². The van der Waals surface area contributed by atoms with E-state index in [0.29, 0.717) is 0 Å². The van der Waals surface area contributed by atoms with E-state index in [1.165, 1.54) is 16.3 Å². The molecule has 0 N–H and O–H groups in total. The van der Waals surface area contributed by atoms with E-state index in [2.05, 4.69) is 47.7 Å². The molecule has 0 spiro atoms. The summed E-state index contributed by atoms with van der Waals surface area (Å²) in [5, 5.41) is 2.39. The van der Waals surface area contributed by atoms with Gasteiger partial charge in [0.2, 0.25) is 0 Å². The van der Waals surface area contributed by atoms with E-state index in [-0.39, 0.29) is 0 Å². The number of hydrogen-bond donors (Lipinski definition) is 0. The first kappa shape index (κ1) is 12.6. The van der Waals surface area contributed by atoms with Crippen LogP contribution in [-0.4, -0.2) is 4.98 Å². The Morgan fingerprint density at radius 3 is 2.60 bits per heavy atom. The maximum absolute atomic E-state index is 4.39. The molecule has 80 valence electrons. The fourth-order valence-electron chi connectivity index (χ4n) is 1.30.